The number of carbonyl (C=O) groups excluding carboxylic acids is 2. The molecule has 0 bridgehead atoms. The van der Waals surface area contributed by atoms with E-state index in [4.69, 9.17) is 19.2 Å². The van der Waals surface area contributed by atoms with Gasteiger partial charge in [0.1, 0.15) is 23.2 Å². The van der Waals surface area contributed by atoms with Crippen molar-refractivity contribution in [2.75, 3.05) is 13.7 Å². The Hall–Kier alpha value is -3.61. The zero-order valence-corrected chi connectivity index (χ0v) is 20.2. The number of ether oxygens (including phenoxy) is 3. The molecular weight excluding hydrogens is 432 g/mol. The van der Waals surface area contributed by atoms with Gasteiger partial charge in [-0.1, -0.05) is 30.3 Å². The lowest BCUT2D eigenvalue weighted by atomic mass is 10.1. The monoisotopic (exact) mass is 462 g/mol. The zero-order chi connectivity index (χ0) is 24.5. The van der Waals surface area contributed by atoms with Crippen molar-refractivity contribution in [2.24, 2.45) is 0 Å². The molecule has 1 amide bonds. The van der Waals surface area contributed by atoms with E-state index in [0.29, 0.717) is 17.9 Å². The number of hydrogen-bond acceptors (Lipinski definition) is 6. The van der Waals surface area contributed by atoms with E-state index >= 15 is 0 Å². The molecule has 4 rings (SSSR count). The number of fused-ring (bicyclic) bond motifs is 1. The lowest BCUT2D eigenvalue weighted by molar-refractivity contribution is -0.121. The Bertz CT molecular complexity index is 1200. The second-order valence-electron chi connectivity index (χ2n) is 9.49. The van der Waals surface area contributed by atoms with Gasteiger partial charge in [-0.3, -0.25) is 9.69 Å². The molecule has 1 aliphatic rings. The molecule has 1 fully saturated rings. The average molecular weight is 463 g/mol. The van der Waals surface area contributed by atoms with Gasteiger partial charge in [0.25, 0.3) is 0 Å². The van der Waals surface area contributed by atoms with E-state index in [2.05, 4.69) is 0 Å². The number of hydrogen-bond donors (Lipinski definition) is 0. The topological polar surface area (TPSA) is 78.0 Å². The number of carbonyl (C=O) groups is 2. The van der Waals surface area contributed by atoms with Crippen LogP contribution in [-0.4, -0.2) is 53.2 Å². The Balaban J connectivity index is 1.68. The maximum atomic E-state index is 12.8. The number of aromatic nitrogens is 1. The van der Waals surface area contributed by atoms with Gasteiger partial charge in [-0.05, 0) is 39.8 Å². The van der Waals surface area contributed by atoms with Crippen LogP contribution in [0.5, 0.6) is 11.5 Å². The predicted octanol–water partition coefficient (Wildman–Crippen LogP) is 5.26. The number of amides is 1. The van der Waals surface area contributed by atoms with Crippen LogP contribution in [0.1, 0.15) is 34.1 Å². The van der Waals surface area contributed by atoms with Crippen LogP contribution in [-0.2, 0) is 9.53 Å². The summed E-state index contributed by atoms with van der Waals surface area (Å²) in [5.74, 6) is 1.25. The van der Waals surface area contributed by atoms with E-state index in [9.17, 15) is 9.59 Å². The molecule has 3 aromatic rings. The molecule has 2 atom stereocenters. The first-order chi connectivity index (χ1) is 16.1. The van der Waals surface area contributed by atoms with Crippen molar-refractivity contribution in [1.29, 1.82) is 0 Å². The maximum absolute atomic E-state index is 12.8. The number of ketones is 1. The van der Waals surface area contributed by atoms with E-state index < -0.39 is 17.7 Å². The van der Waals surface area contributed by atoms with Gasteiger partial charge in [-0.2, -0.15) is 0 Å². The minimum Gasteiger partial charge on any atom is -0.497 e. The minimum absolute atomic E-state index is 0.0914. The third kappa shape index (κ3) is 5.14. The van der Waals surface area contributed by atoms with Crippen molar-refractivity contribution in [3.63, 3.8) is 0 Å². The summed E-state index contributed by atoms with van der Waals surface area (Å²) in [5.41, 5.74) is 1.81. The number of methoxy groups -OCH3 is 1. The first-order valence-electron chi connectivity index (χ1n) is 11.4. The van der Waals surface area contributed by atoms with Crippen molar-refractivity contribution in [3.05, 3.63) is 54.6 Å². The normalized spacial score (nSPS) is 18.1. The van der Waals surface area contributed by atoms with Crippen molar-refractivity contribution in [3.8, 4) is 22.8 Å². The molecule has 0 spiro atoms. The van der Waals surface area contributed by atoms with Gasteiger partial charge < -0.3 is 14.2 Å². The highest BCUT2D eigenvalue weighted by atomic mass is 16.6. The van der Waals surface area contributed by atoms with Gasteiger partial charge in [0.05, 0.1) is 30.9 Å². The van der Waals surface area contributed by atoms with Crippen molar-refractivity contribution in [1.82, 2.24) is 9.88 Å². The van der Waals surface area contributed by atoms with E-state index in [0.717, 1.165) is 22.2 Å². The number of nitrogens with zero attached hydrogens (tertiary/aromatic N) is 2. The number of benzene rings is 2. The Morgan fingerprint density at radius 1 is 1.06 bits per heavy atom. The SMILES string of the molecule is COc1ccc2c(OC3C[C@@H](C(C)=O)N(C(=O)OC(C)(C)C)C3)cc(-c3ccccc3)nc2c1. The van der Waals surface area contributed by atoms with Crippen LogP contribution < -0.4 is 9.47 Å². The molecule has 0 saturated carbocycles. The standard InChI is InChI=1S/C27H30N2O5/c1-17(30)24-14-20(16-29(24)26(31)34-27(2,3)4)33-25-15-22(18-9-7-6-8-10-18)28-23-13-19(32-5)11-12-21(23)25/h6-13,15,20,24H,14,16H2,1-5H3/t20?,24-/m0/s1. The molecule has 1 saturated heterocycles. The molecular formula is C27H30N2O5. The fraction of sp³-hybridized carbons (Fsp3) is 0.370. The van der Waals surface area contributed by atoms with Gasteiger partial charge in [0, 0.05) is 29.5 Å². The molecule has 1 aliphatic heterocycles. The van der Waals surface area contributed by atoms with Crippen LogP contribution in [0.3, 0.4) is 0 Å². The Morgan fingerprint density at radius 2 is 1.79 bits per heavy atom. The Morgan fingerprint density at radius 3 is 2.44 bits per heavy atom. The highest BCUT2D eigenvalue weighted by Gasteiger charge is 2.41. The van der Waals surface area contributed by atoms with Crippen molar-refractivity contribution >= 4 is 22.8 Å². The van der Waals surface area contributed by atoms with Gasteiger partial charge >= 0.3 is 6.09 Å². The molecule has 1 aromatic heterocycles. The van der Waals surface area contributed by atoms with Crippen LogP contribution in [0.25, 0.3) is 22.2 Å². The first-order valence-corrected chi connectivity index (χ1v) is 11.4. The van der Waals surface area contributed by atoms with E-state index in [-0.39, 0.29) is 18.4 Å². The fourth-order valence-electron chi connectivity index (χ4n) is 4.13. The lowest BCUT2D eigenvalue weighted by Crippen LogP contribution is -2.43. The van der Waals surface area contributed by atoms with Crippen molar-refractivity contribution < 1.29 is 23.8 Å². The van der Waals surface area contributed by atoms with Crippen LogP contribution in [0.15, 0.2) is 54.6 Å². The summed E-state index contributed by atoms with van der Waals surface area (Å²) in [6.45, 7) is 7.17. The van der Waals surface area contributed by atoms with Gasteiger partial charge in [-0.25, -0.2) is 9.78 Å². The molecule has 0 radical (unpaired) electrons. The molecule has 2 heterocycles. The molecule has 1 unspecified atom stereocenters. The number of pyridine rings is 1. The van der Waals surface area contributed by atoms with Crippen molar-refractivity contribution in [2.45, 2.75) is 51.9 Å². The third-order valence-electron chi connectivity index (χ3n) is 5.70. The Kier molecular flexibility index (Phi) is 6.46. The summed E-state index contributed by atoms with van der Waals surface area (Å²) in [6, 6.07) is 16.8. The van der Waals surface area contributed by atoms with E-state index in [1.54, 1.807) is 27.9 Å². The fourth-order valence-corrected chi connectivity index (χ4v) is 4.13. The molecule has 0 aliphatic carbocycles. The summed E-state index contributed by atoms with van der Waals surface area (Å²) in [7, 11) is 1.62. The molecule has 7 heteroatoms. The predicted molar refractivity (Wildman–Crippen MR) is 130 cm³/mol. The highest BCUT2D eigenvalue weighted by Crippen LogP contribution is 2.34. The van der Waals surface area contributed by atoms with Crippen LogP contribution >= 0.6 is 0 Å². The second-order valence-corrected chi connectivity index (χ2v) is 9.49. The maximum Gasteiger partial charge on any atom is 0.411 e. The zero-order valence-electron chi connectivity index (χ0n) is 20.2. The highest BCUT2D eigenvalue weighted by molar-refractivity contribution is 5.89. The molecule has 34 heavy (non-hydrogen) atoms. The smallest absolute Gasteiger partial charge is 0.411 e. The number of Topliss-reactive ketones (excluding diaryl/α,β-unsaturated/α-hetero) is 1. The second kappa shape index (κ2) is 9.33. The van der Waals surface area contributed by atoms with Gasteiger partial charge in [-0.15, -0.1) is 0 Å². The molecule has 178 valence electrons. The summed E-state index contributed by atoms with van der Waals surface area (Å²) in [5, 5.41) is 0.829. The first kappa shape index (κ1) is 23.5. The molecule has 0 N–H and O–H groups in total. The largest absolute Gasteiger partial charge is 0.497 e. The quantitative estimate of drug-likeness (QED) is 0.515. The summed E-state index contributed by atoms with van der Waals surface area (Å²) >= 11 is 0. The van der Waals surface area contributed by atoms with Crippen LogP contribution in [0, 0.1) is 0 Å². The lowest BCUT2D eigenvalue weighted by Gasteiger charge is -2.27. The summed E-state index contributed by atoms with van der Waals surface area (Å²) in [6.07, 6.45) is -0.472. The average Bonchev–Trinajstić information content (AvgIpc) is 3.22. The minimum atomic E-state index is -0.650. The van der Waals surface area contributed by atoms with Crippen LogP contribution in [0.4, 0.5) is 4.79 Å². The third-order valence-corrected chi connectivity index (χ3v) is 5.70. The summed E-state index contributed by atoms with van der Waals surface area (Å²) < 4.78 is 17.3. The molecule has 2 aromatic carbocycles. The number of likely N-dealkylation sites (tertiary alicyclic amines) is 1. The Labute approximate surface area is 199 Å². The van der Waals surface area contributed by atoms with Gasteiger partial charge in [0.15, 0.2) is 5.78 Å². The van der Waals surface area contributed by atoms with E-state index in [1.807, 2.05) is 54.6 Å². The number of rotatable bonds is 5. The van der Waals surface area contributed by atoms with E-state index in [1.165, 1.54) is 11.8 Å². The summed E-state index contributed by atoms with van der Waals surface area (Å²) in [4.78, 5) is 31.4. The van der Waals surface area contributed by atoms with Gasteiger partial charge in [0.2, 0.25) is 0 Å². The molecule has 7 nitrogen and oxygen atoms in total. The van der Waals surface area contributed by atoms with Crippen LogP contribution in [0.2, 0.25) is 0 Å².